The first-order valence-electron chi connectivity index (χ1n) is 3.20. The molecule has 0 spiro atoms. The van der Waals surface area contributed by atoms with E-state index in [4.69, 9.17) is 11.0 Å². The number of anilines is 1. The second-order valence-electron chi connectivity index (χ2n) is 2.19. The van der Waals surface area contributed by atoms with E-state index in [2.05, 4.69) is 20.9 Å². The molecule has 1 heterocycles. The lowest BCUT2D eigenvalue weighted by Gasteiger charge is -2.06. The first-order chi connectivity index (χ1) is 6.07. The highest BCUT2D eigenvalue weighted by Crippen LogP contribution is 2.31. The van der Waals surface area contributed by atoms with E-state index in [1.807, 2.05) is 0 Å². The Morgan fingerprint density at radius 2 is 2.23 bits per heavy atom. The molecule has 0 aromatic carbocycles. The Balaban J connectivity index is 3.46. The molecule has 2 N–H and O–H groups in total. The number of nitriles is 1. The van der Waals surface area contributed by atoms with Crippen LogP contribution in [0.4, 0.5) is 14.6 Å². The number of hydrogen-bond acceptors (Lipinski definition) is 3. The standard InChI is InChI=1S/C7H4BrF2N3/c8-4-2-13-7(12)3(1-11)5(4)6(9)10/h2,6H,(H2,12,13). The number of rotatable bonds is 1. The van der Waals surface area contributed by atoms with Crippen LogP contribution in [0.2, 0.25) is 0 Å². The maximum Gasteiger partial charge on any atom is 0.266 e. The van der Waals surface area contributed by atoms with E-state index < -0.39 is 12.0 Å². The minimum absolute atomic E-state index is 0.0910. The third-order valence-corrected chi connectivity index (χ3v) is 2.06. The number of halogens is 3. The molecule has 0 fully saturated rings. The quantitative estimate of drug-likeness (QED) is 0.828. The zero-order valence-electron chi connectivity index (χ0n) is 6.26. The van der Waals surface area contributed by atoms with Gasteiger partial charge in [0.15, 0.2) is 0 Å². The van der Waals surface area contributed by atoms with Gasteiger partial charge in [-0.15, -0.1) is 0 Å². The average molecular weight is 248 g/mol. The van der Waals surface area contributed by atoms with Crippen LogP contribution in [0, 0.1) is 11.3 Å². The molecule has 0 bridgehead atoms. The minimum Gasteiger partial charge on any atom is -0.383 e. The molecule has 0 unspecified atom stereocenters. The summed E-state index contributed by atoms with van der Waals surface area (Å²) in [5.41, 5.74) is 4.57. The summed E-state index contributed by atoms with van der Waals surface area (Å²) < 4.78 is 24.9. The van der Waals surface area contributed by atoms with E-state index in [0.717, 1.165) is 6.20 Å². The van der Waals surface area contributed by atoms with Crippen molar-refractivity contribution in [2.24, 2.45) is 0 Å². The summed E-state index contributed by atoms with van der Waals surface area (Å²) in [7, 11) is 0. The molecule has 0 saturated carbocycles. The Hall–Kier alpha value is -1.22. The number of alkyl halides is 2. The van der Waals surface area contributed by atoms with Gasteiger partial charge in [-0.1, -0.05) is 0 Å². The molecule has 0 aliphatic heterocycles. The number of nitrogens with two attached hydrogens (primary N) is 1. The van der Waals surface area contributed by atoms with Crippen molar-refractivity contribution in [3.05, 3.63) is 21.8 Å². The summed E-state index contributed by atoms with van der Waals surface area (Å²) in [5.74, 6) is -0.180. The van der Waals surface area contributed by atoms with Gasteiger partial charge in [-0.25, -0.2) is 13.8 Å². The van der Waals surface area contributed by atoms with Crippen molar-refractivity contribution < 1.29 is 8.78 Å². The summed E-state index contributed by atoms with van der Waals surface area (Å²) in [6.45, 7) is 0. The van der Waals surface area contributed by atoms with Gasteiger partial charge in [0, 0.05) is 10.7 Å². The van der Waals surface area contributed by atoms with Crippen LogP contribution >= 0.6 is 15.9 Å². The molecule has 0 aliphatic carbocycles. The average Bonchev–Trinajstić information content (AvgIpc) is 2.07. The Kier molecular flexibility index (Phi) is 2.78. The number of nitrogen functional groups attached to an aromatic ring is 1. The fraction of sp³-hybridized carbons (Fsp3) is 0.143. The molecule has 1 rings (SSSR count). The lowest BCUT2D eigenvalue weighted by atomic mass is 10.1. The number of aromatic nitrogens is 1. The number of hydrogen-bond donors (Lipinski definition) is 1. The predicted molar refractivity (Wildman–Crippen MR) is 46.0 cm³/mol. The van der Waals surface area contributed by atoms with E-state index in [-0.39, 0.29) is 15.9 Å². The van der Waals surface area contributed by atoms with Crippen LogP contribution in [0.3, 0.4) is 0 Å². The molecule has 1 aromatic heterocycles. The van der Waals surface area contributed by atoms with Gasteiger partial charge in [0.1, 0.15) is 17.5 Å². The zero-order valence-corrected chi connectivity index (χ0v) is 7.85. The van der Waals surface area contributed by atoms with Crippen LogP contribution < -0.4 is 5.73 Å². The second-order valence-corrected chi connectivity index (χ2v) is 3.05. The summed E-state index contributed by atoms with van der Waals surface area (Å²) in [6.07, 6.45) is -1.59. The van der Waals surface area contributed by atoms with Gasteiger partial charge in [0.05, 0.1) is 5.56 Å². The predicted octanol–water partition coefficient (Wildman–Crippen LogP) is 2.24. The fourth-order valence-corrected chi connectivity index (χ4v) is 1.32. The van der Waals surface area contributed by atoms with Crippen LogP contribution in [0.25, 0.3) is 0 Å². The first-order valence-corrected chi connectivity index (χ1v) is 3.99. The smallest absolute Gasteiger partial charge is 0.266 e. The number of nitrogens with zero attached hydrogens (tertiary/aromatic N) is 2. The van der Waals surface area contributed by atoms with E-state index in [1.165, 1.54) is 0 Å². The van der Waals surface area contributed by atoms with Crippen molar-refractivity contribution in [3.8, 4) is 6.07 Å². The Labute approximate surface area is 81.3 Å². The molecule has 3 nitrogen and oxygen atoms in total. The Bertz CT molecular complexity index is 373. The molecule has 1 aromatic rings. The topological polar surface area (TPSA) is 62.7 Å². The van der Waals surface area contributed by atoms with Gasteiger partial charge in [0.2, 0.25) is 0 Å². The summed E-state index contributed by atoms with van der Waals surface area (Å²) in [6, 6.07) is 1.59. The van der Waals surface area contributed by atoms with Crippen LogP contribution in [0.5, 0.6) is 0 Å². The molecule has 68 valence electrons. The normalized spacial score (nSPS) is 10.1. The maximum atomic E-state index is 12.4. The molecule has 0 atom stereocenters. The van der Waals surface area contributed by atoms with Crippen LogP contribution in [0.15, 0.2) is 10.7 Å². The highest BCUT2D eigenvalue weighted by atomic mass is 79.9. The largest absolute Gasteiger partial charge is 0.383 e. The Morgan fingerprint density at radius 1 is 1.62 bits per heavy atom. The van der Waals surface area contributed by atoms with Crippen molar-refractivity contribution in [1.82, 2.24) is 4.98 Å². The van der Waals surface area contributed by atoms with Crippen molar-refractivity contribution in [3.63, 3.8) is 0 Å². The first kappa shape index (κ1) is 9.86. The van der Waals surface area contributed by atoms with Crippen LogP contribution in [-0.4, -0.2) is 4.98 Å². The van der Waals surface area contributed by atoms with Crippen molar-refractivity contribution >= 4 is 21.7 Å². The van der Waals surface area contributed by atoms with E-state index in [1.54, 1.807) is 6.07 Å². The highest BCUT2D eigenvalue weighted by Gasteiger charge is 2.19. The Morgan fingerprint density at radius 3 is 2.62 bits per heavy atom. The molecule has 13 heavy (non-hydrogen) atoms. The van der Waals surface area contributed by atoms with Crippen molar-refractivity contribution in [1.29, 1.82) is 5.26 Å². The highest BCUT2D eigenvalue weighted by molar-refractivity contribution is 9.10. The third kappa shape index (κ3) is 1.75. The van der Waals surface area contributed by atoms with Crippen LogP contribution in [0.1, 0.15) is 17.6 Å². The lowest BCUT2D eigenvalue weighted by Crippen LogP contribution is -2.01. The second kappa shape index (κ2) is 3.66. The molecule has 0 aliphatic rings. The van der Waals surface area contributed by atoms with Gasteiger partial charge in [-0.2, -0.15) is 5.26 Å². The van der Waals surface area contributed by atoms with E-state index in [9.17, 15) is 8.78 Å². The van der Waals surface area contributed by atoms with Gasteiger partial charge < -0.3 is 5.73 Å². The fourth-order valence-electron chi connectivity index (χ4n) is 0.849. The SMILES string of the molecule is N#Cc1c(N)ncc(Br)c1C(F)F. The summed E-state index contributed by atoms with van der Waals surface area (Å²) >= 11 is 2.87. The number of pyridine rings is 1. The molecular weight excluding hydrogens is 244 g/mol. The molecule has 0 amide bonds. The molecule has 0 radical (unpaired) electrons. The van der Waals surface area contributed by atoms with E-state index >= 15 is 0 Å². The monoisotopic (exact) mass is 247 g/mol. The summed E-state index contributed by atoms with van der Waals surface area (Å²) in [4.78, 5) is 3.57. The van der Waals surface area contributed by atoms with Gasteiger partial charge >= 0.3 is 0 Å². The maximum absolute atomic E-state index is 12.4. The van der Waals surface area contributed by atoms with Crippen molar-refractivity contribution in [2.45, 2.75) is 6.43 Å². The molecule has 6 heteroatoms. The van der Waals surface area contributed by atoms with E-state index in [0.29, 0.717) is 0 Å². The third-order valence-electron chi connectivity index (χ3n) is 1.43. The molecule has 0 saturated heterocycles. The van der Waals surface area contributed by atoms with Gasteiger partial charge in [0.25, 0.3) is 6.43 Å². The minimum atomic E-state index is -2.74. The van der Waals surface area contributed by atoms with Crippen molar-refractivity contribution in [2.75, 3.05) is 5.73 Å². The summed E-state index contributed by atoms with van der Waals surface area (Å²) in [5, 5.41) is 8.55. The van der Waals surface area contributed by atoms with Gasteiger partial charge in [-0.3, -0.25) is 0 Å². The zero-order chi connectivity index (χ0) is 10.0. The lowest BCUT2D eigenvalue weighted by molar-refractivity contribution is 0.150. The molecular formula is C7H4BrF2N3. The van der Waals surface area contributed by atoms with Gasteiger partial charge in [-0.05, 0) is 15.9 Å². The van der Waals surface area contributed by atoms with Crippen LogP contribution in [-0.2, 0) is 0 Å².